The van der Waals surface area contributed by atoms with Crippen LogP contribution in [0.3, 0.4) is 0 Å². The fraction of sp³-hybridized carbons (Fsp3) is 0.550. The van der Waals surface area contributed by atoms with Crippen molar-refractivity contribution in [1.29, 1.82) is 0 Å². The van der Waals surface area contributed by atoms with Crippen LogP contribution in [0.4, 0.5) is 0 Å². The highest BCUT2D eigenvalue weighted by molar-refractivity contribution is 6.10. The molecule has 7 nitrogen and oxygen atoms in total. The molecule has 0 bridgehead atoms. The van der Waals surface area contributed by atoms with Crippen LogP contribution in [-0.4, -0.2) is 33.4 Å². The number of pyridine rings is 1. The molecule has 0 amide bonds. The van der Waals surface area contributed by atoms with E-state index >= 15 is 0 Å². The quantitative estimate of drug-likeness (QED) is 0.746. The molecule has 1 aromatic rings. The van der Waals surface area contributed by atoms with Crippen molar-refractivity contribution in [3.63, 3.8) is 0 Å². The largest absolute Gasteiger partial charge is 0.376 e. The Balaban J connectivity index is 1.41. The summed E-state index contributed by atoms with van der Waals surface area (Å²) >= 11 is 0. The van der Waals surface area contributed by atoms with Crippen LogP contribution in [0.15, 0.2) is 46.3 Å². The number of aliphatic imine (C=N–C) groups is 1. The molecule has 142 valence electrons. The Morgan fingerprint density at radius 3 is 2.89 bits per heavy atom. The maximum Gasteiger partial charge on any atom is 0.192 e. The molecule has 2 fully saturated rings. The zero-order valence-corrected chi connectivity index (χ0v) is 15.8. The van der Waals surface area contributed by atoms with Crippen molar-refractivity contribution in [2.45, 2.75) is 63.7 Å². The molecule has 0 saturated heterocycles. The van der Waals surface area contributed by atoms with E-state index in [2.05, 4.69) is 44.3 Å². The van der Waals surface area contributed by atoms with Crippen molar-refractivity contribution in [2.75, 3.05) is 0 Å². The van der Waals surface area contributed by atoms with E-state index in [0.717, 1.165) is 35.9 Å². The smallest absolute Gasteiger partial charge is 0.192 e. The third kappa shape index (κ3) is 3.38. The predicted octanol–water partition coefficient (Wildman–Crippen LogP) is 2.26. The first-order valence-electron chi connectivity index (χ1n) is 10.1. The summed E-state index contributed by atoms with van der Waals surface area (Å²) in [4.78, 5) is 9.51. The van der Waals surface area contributed by atoms with Crippen LogP contribution in [0.5, 0.6) is 0 Å². The van der Waals surface area contributed by atoms with E-state index in [-0.39, 0.29) is 11.7 Å². The molecule has 0 radical (unpaired) electrons. The van der Waals surface area contributed by atoms with Gasteiger partial charge in [-0.1, -0.05) is 18.9 Å². The van der Waals surface area contributed by atoms with E-state index in [4.69, 9.17) is 4.99 Å². The minimum Gasteiger partial charge on any atom is -0.376 e. The summed E-state index contributed by atoms with van der Waals surface area (Å²) in [7, 11) is 0. The van der Waals surface area contributed by atoms with Gasteiger partial charge in [0, 0.05) is 18.2 Å². The normalized spacial score (nSPS) is 27.5. The van der Waals surface area contributed by atoms with Gasteiger partial charge in [0.25, 0.3) is 0 Å². The van der Waals surface area contributed by atoms with Crippen LogP contribution in [0.2, 0.25) is 0 Å². The summed E-state index contributed by atoms with van der Waals surface area (Å²) in [6.07, 6.45) is 11.5. The summed E-state index contributed by atoms with van der Waals surface area (Å²) < 4.78 is 0. The molecule has 7 heteroatoms. The number of rotatable bonds is 5. The van der Waals surface area contributed by atoms with E-state index in [1.807, 2.05) is 24.4 Å². The Hall–Kier alpha value is -2.57. The first kappa shape index (κ1) is 16.6. The van der Waals surface area contributed by atoms with Crippen LogP contribution in [-0.2, 0) is 6.54 Å². The topological polar surface area (TPSA) is 76.9 Å². The minimum atomic E-state index is 0.0435. The van der Waals surface area contributed by atoms with Crippen molar-refractivity contribution < 1.29 is 0 Å². The Kier molecular flexibility index (Phi) is 4.02. The van der Waals surface area contributed by atoms with E-state index in [1.165, 1.54) is 25.7 Å². The van der Waals surface area contributed by atoms with Gasteiger partial charge in [-0.05, 0) is 44.7 Å². The molecule has 27 heavy (non-hydrogen) atoms. The lowest BCUT2D eigenvalue weighted by molar-refractivity contribution is 0.236. The number of aromatic nitrogens is 1. The van der Waals surface area contributed by atoms with Crippen LogP contribution < -0.4 is 16.2 Å². The Bertz CT molecular complexity index is 788. The molecule has 3 N–H and O–H groups in total. The third-order valence-corrected chi connectivity index (χ3v) is 5.89. The Morgan fingerprint density at radius 2 is 2.15 bits per heavy atom. The van der Waals surface area contributed by atoms with Crippen LogP contribution >= 0.6 is 0 Å². The van der Waals surface area contributed by atoms with E-state index in [0.29, 0.717) is 12.5 Å². The molecule has 0 aromatic carbocycles. The fourth-order valence-electron chi connectivity index (χ4n) is 4.18. The molecule has 5 rings (SSSR count). The molecule has 4 aliphatic rings. The lowest BCUT2D eigenvalue weighted by atomic mass is 10.0. The number of hydrazone groups is 1. The second-order valence-corrected chi connectivity index (χ2v) is 8.26. The molecule has 1 atom stereocenters. The number of hydrogen-bond donors (Lipinski definition) is 3. The predicted molar refractivity (Wildman–Crippen MR) is 106 cm³/mol. The molecule has 3 heterocycles. The van der Waals surface area contributed by atoms with Gasteiger partial charge in [-0.3, -0.25) is 20.8 Å². The minimum absolute atomic E-state index is 0.0435. The van der Waals surface area contributed by atoms with Crippen molar-refractivity contribution in [3.8, 4) is 0 Å². The molecule has 0 spiro atoms. The average Bonchev–Trinajstić information content (AvgIpc) is 3.29. The third-order valence-electron chi connectivity index (χ3n) is 5.89. The first-order chi connectivity index (χ1) is 13.2. The first-order valence-corrected chi connectivity index (χ1v) is 10.1. The van der Waals surface area contributed by atoms with Crippen molar-refractivity contribution in [2.24, 2.45) is 16.0 Å². The summed E-state index contributed by atoms with van der Waals surface area (Å²) in [5.41, 5.74) is 8.89. The number of hydrazine groups is 1. The highest BCUT2D eigenvalue weighted by atomic mass is 15.7. The Morgan fingerprint density at radius 1 is 1.30 bits per heavy atom. The van der Waals surface area contributed by atoms with E-state index in [1.54, 1.807) is 0 Å². The fourth-order valence-corrected chi connectivity index (χ4v) is 4.18. The zero-order valence-electron chi connectivity index (χ0n) is 15.8. The van der Waals surface area contributed by atoms with Crippen molar-refractivity contribution in [3.05, 3.63) is 41.9 Å². The zero-order chi connectivity index (χ0) is 18.3. The standard InChI is InChI=1S/C20H27N7/c1-20(9-3-4-10-20)23-17-12-16(22-13-15-6-2-5-11-21-15)19-25-24-18(14-7-8-14)27(19)26-17/h2,5-6,11-12,14,18,22,24H,3-4,7-10,13H2,1H3,(H,23,26). The van der Waals surface area contributed by atoms with Crippen molar-refractivity contribution in [1.82, 2.24) is 26.2 Å². The summed E-state index contributed by atoms with van der Waals surface area (Å²) in [6, 6.07) is 5.98. The van der Waals surface area contributed by atoms with Crippen LogP contribution in [0, 0.1) is 5.92 Å². The van der Waals surface area contributed by atoms with Gasteiger partial charge < -0.3 is 5.32 Å². The summed E-state index contributed by atoms with van der Waals surface area (Å²) in [5, 5.41) is 10.3. The van der Waals surface area contributed by atoms with E-state index in [9.17, 15) is 0 Å². The summed E-state index contributed by atoms with van der Waals surface area (Å²) in [5.74, 6) is 2.49. The second kappa shape index (κ2) is 6.55. The number of nitrogens with zero attached hydrogens (tertiary/aromatic N) is 4. The molecule has 1 aromatic heterocycles. The molecule has 2 aliphatic carbocycles. The van der Waals surface area contributed by atoms with Gasteiger partial charge >= 0.3 is 0 Å². The highest BCUT2D eigenvalue weighted by Crippen LogP contribution is 2.37. The number of nitrogens with one attached hydrogen (secondary N) is 3. The second-order valence-electron chi connectivity index (χ2n) is 8.26. The van der Waals surface area contributed by atoms with Crippen molar-refractivity contribution >= 4 is 11.7 Å². The lowest BCUT2D eigenvalue weighted by Crippen LogP contribution is -2.56. The van der Waals surface area contributed by atoms with Gasteiger partial charge in [-0.25, -0.2) is 5.01 Å². The maximum absolute atomic E-state index is 5.10. The maximum atomic E-state index is 5.10. The van der Waals surface area contributed by atoms with Gasteiger partial charge in [0.15, 0.2) is 5.84 Å². The monoisotopic (exact) mass is 365 g/mol. The van der Waals surface area contributed by atoms with E-state index < -0.39 is 0 Å². The molecular formula is C20H27N7. The highest BCUT2D eigenvalue weighted by Gasteiger charge is 2.43. The van der Waals surface area contributed by atoms with Gasteiger partial charge in [0.05, 0.1) is 23.5 Å². The number of fused-ring (bicyclic) bond motifs is 1. The van der Waals surface area contributed by atoms with Gasteiger partial charge in [0.2, 0.25) is 0 Å². The van der Waals surface area contributed by atoms with Crippen LogP contribution in [0.1, 0.15) is 51.1 Å². The molecular weight excluding hydrogens is 338 g/mol. The Labute approximate surface area is 160 Å². The molecule has 2 aliphatic heterocycles. The average molecular weight is 365 g/mol. The molecule has 1 unspecified atom stereocenters. The number of hydrogen-bond acceptors (Lipinski definition) is 6. The van der Waals surface area contributed by atoms with Crippen LogP contribution in [0.25, 0.3) is 0 Å². The van der Waals surface area contributed by atoms with Gasteiger partial charge in [-0.2, -0.15) is 5.10 Å². The SMILES string of the molecule is CC1(N=C2C=C(NCc3ccccn3)C3=NNC(C4CC4)N3N2)CCCC1. The van der Waals surface area contributed by atoms with Gasteiger partial charge in [0.1, 0.15) is 12.0 Å². The van der Waals surface area contributed by atoms with Gasteiger partial charge in [-0.15, -0.1) is 0 Å². The summed E-state index contributed by atoms with van der Waals surface area (Å²) in [6.45, 7) is 2.94. The molecule has 2 saturated carbocycles. The lowest BCUT2D eigenvalue weighted by Gasteiger charge is -2.33. The number of amidine groups is 2.